The first kappa shape index (κ1) is 23.4. The number of carbonyl (C=O) groups excluding carboxylic acids is 2. The lowest BCUT2D eigenvalue weighted by atomic mass is 10.2. The zero-order valence-corrected chi connectivity index (χ0v) is 18.4. The fourth-order valence-corrected chi connectivity index (χ4v) is 2.61. The van der Waals surface area contributed by atoms with Crippen LogP contribution in [0.5, 0.6) is 5.75 Å². The van der Waals surface area contributed by atoms with E-state index in [4.69, 9.17) is 21.1 Å². The fraction of sp³-hybridized carbons (Fsp3) is 0.429. The number of benzene rings is 1. The predicted molar refractivity (Wildman–Crippen MR) is 115 cm³/mol. The Hall–Kier alpha value is -2.87. The van der Waals surface area contributed by atoms with Crippen molar-refractivity contribution in [1.82, 2.24) is 14.9 Å². The highest BCUT2D eigenvalue weighted by molar-refractivity contribution is 6.29. The summed E-state index contributed by atoms with van der Waals surface area (Å²) in [5, 5.41) is 0.264. The van der Waals surface area contributed by atoms with Crippen molar-refractivity contribution in [3.8, 4) is 5.75 Å². The molecule has 0 atom stereocenters. The average Bonchev–Trinajstić information content (AvgIpc) is 2.68. The second-order valence-corrected chi connectivity index (χ2v) is 8.05. The fourth-order valence-electron chi connectivity index (χ4n) is 2.47. The van der Waals surface area contributed by atoms with E-state index in [0.29, 0.717) is 31.7 Å². The van der Waals surface area contributed by atoms with E-state index < -0.39 is 5.60 Å². The van der Waals surface area contributed by atoms with Gasteiger partial charge >= 0.3 is 6.09 Å². The van der Waals surface area contributed by atoms with Crippen molar-refractivity contribution in [2.24, 2.45) is 0 Å². The van der Waals surface area contributed by atoms with Gasteiger partial charge < -0.3 is 14.4 Å². The molecule has 1 aromatic carbocycles. The number of rotatable bonds is 9. The average molecular weight is 435 g/mol. The molecule has 0 fully saturated rings. The number of nitrogens with zero attached hydrogens (tertiary/aromatic N) is 4. The number of ether oxygens (including phenoxy) is 2. The maximum Gasteiger partial charge on any atom is 0.410 e. The van der Waals surface area contributed by atoms with Crippen LogP contribution in [0.3, 0.4) is 0 Å². The van der Waals surface area contributed by atoms with E-state index in [1.54, 1.807) is 13.1 Å². The Labute approximate surface area is 181 Å². The molecule has 1 aromatic heterocycles. The second-order valence-electron chi connectivity index (χ2n) is 7.66. The summed E-state index contributed by atoms with van der Waals surface area (Å²) < 4.78 is 11.1. The molecule has 2 rings (SSSR count). The van der Waals surface area contributed by atoms with Crippen LogP contribution in [0.4, 0.5) is 10.7 Å². The van der Waals surface area contributed by atoms with Gasteiger partial charge in [-0.2, -0.15) is 0 Å². The highest BCUT2D eigenvalue weighted by Gasteiger charge is 2.19. The SMILES string of the molecule is CN(CCCOc1cccc(CN(C=O)c2nccc(Cl)n2)c1)C(=O)OC(C)(C)C. The maximum absolute atomic E-state index is 11.9. The monoisotopic (exact) mass is 434 g/mol. The first-order valence-corrected chi connectivity index (χ1v) is 9.92. The number of anilines is 1. The molecule has 0 N–H and O–H groups in total. The summed E-state index contributed by atoms with van der Waals surface area (Å²) in [6.45, 7) is 6.73. The van der Waals surface area contributed by atoms with Crippen LogP contribution in [-0.4, -0.2) is 53.2 Å². The minimum absolute atomic E-state index is 0.231. The van der Waals surface area contributed by atoms with Crippen molar-refractivity contribution < 1.29 is 19.1 Å². The van der Waals surface area contributed by atoms with E-state index in [0.717, 1.165) is 5.56 Å². The van der Waals surface area contributed by atoms with Crippen molar-refractivity contribution in [2.75, 3.05) is 25.1 Å². The molecule has 0 radical (unpaired) electrons. The molecule has 0 saturated heterocycles. The second kappa shape index (κ2) is 10.8. The summed E-state index contributed by atoms with van der Waals surface area (Å²) in [6, 6.07) is 8.95. The van der Waals surface area contributed by atoms with Crippen LogP contribution < -0.4 is 9.64 Å². The molecule has 1 heterocycles. The largest absolute Gasteiger partial charge is 0.494 e. The lowest BCUT2D eigenvalue weighted by Gasteiger charge is -2.24. The van der Waals surface area contributed by atoms with E-state index in [2.05, 4.69) is 9.97 Å². The highest BCUT2D eigenvalue weighted by Crippen LogP contribution is 2.18. The van der Waals surface area contributed by atoms with Gasteiger partial charge in [0.1, 0.15) is 16.5 Å². The molecule has 0 aliphatic heterocycles. The van der Waals surface area contributed by atoms with Crippen molar-refractivity contribution in [1.29, 1.82) is 0 Å². The van der Waals surface area contributed by atoms with Crippen LogP contribution >= 0.6 is 11.6 Å². The third-order valence-electron chi connectivity index (χ3n) is 3.86. The van der Waals surface area contributed by atoms with Gasteiger partial charge in [-0.25, -0.2) is 14.8 Å². The normalized spacial score (nSPS) is 11.0. The van der Waals surface area contributed by atoms with Crippen molar-refractivity contribution in [3.63, 3.8) is 0 Å². The van der Waals surface area contributed by atoms with Crippen LogP contribution in [0.1, 0.15) is 32.8 Å². The van der Waals surface area contributed by atoms with E-state index in [9.17, 15) is 9.59 Å². The molecule has 0 saturated carbocycles. The Bertz CT molecular complexity index is 857. The summed E-state index contributed by atoms with van der Waals surface area (Å²) in [5.74, 6) is 0.902. The van der Waals surface area contributed by atoms with E-state index in [1.807, 2.05) is 45.0 Å². The van der Waals surface area contributed by atoms with E-state index in [-0.39, 0.29) is 23.7 Å². The van der Waals surface area contributed by atoms with Gasteiger partial charge in [0.2, 0.25) is 12.4 Å². The summed E-state index contributed by atoms with van der Waals surface area (Å²) in [6.07, 6.45) is 2.44. The van der Waals surface area contributed by atoms with Crippen LogP contribution in [0.25, 0.3) is 0 Å². The smallest absolute Gasteiger partial charge is 0.410 e. The van der Waals surface area contributed by atoms with Crippen LogP contribution in [0, 0.1) is 0 Å². The molecule has 0 aliphatic carbocycles. The minimum Gasteiger partial charge on any atom is -0.494 e. The predicted octanol–water partition coefficient (Wildman–Crippen LogP) is 3.93. The molecule has 9 heteroatoms. The van der Waals surface area contributed by atoms with Gasteiger partial charge in [-0.15, -0.1) is 0 Å². The van der Waals surface area contributed by atoms with Gasteiger partial charge in [-0.1, -0.05) is 23.7 Å². The quantitative estimate of drug-likeness (QED) is 0.337. The van der Waals surface area contributed by atoms with Gasteiger partial charge in [0.25, 0.3) is 0 Å². The first-order chi connectivity index (χ1) is 14.2. The zero-order chi connectivity index (χ0) is 22.1. The molecule has 0 spiro atoms. The van der Waals surface area contributed by atoms with E-state index in [1.165, 1.54) is 16.0 Å². The molecule has 0 bridgehead atoms. The summed E-state index contributed by atoms with van der Waals surface area (Å²) in [7, 11) is 1.70. The topological polar surface area (TPSA) is 84.9 Å². The maximum atomic E-state index is 11.9. The standard InChI is InChI=1S/C21H27ClN4O4/c1-21(2,3)30-20(28)25(4)11-6-12-29-17-8-5-7-16(13-17)14-26(15-27)19-23-10-9-18(22)24-19/h5,7-10,13,15H,6,11-12,14H2,1-4H3. The molecule has 0 unspecified atom stereocenters. The van der Waals surface area contributed by atoms with E-state index >= 15 is 0 Å². The Morgan fingerprint density at radius 1 is 1.27 bits per heavy atom. The molecule has 8 nitrogen and oxygen atoms in total. The Morgan fingerprint density at radius 2 is 2.03 bits per heavy atom. The molecule has 162 valence electrons. The number of amides is 2. The Balaban J connectivity index is 1.85. The van der Waals surface area contributed by atoms with Gasteiger partial charge in [0.15, 0.2) is 0 Å². The highest BCUT2D eigenvalue weighted by atomic mass is 35.5. The van der Waals surface area contributed by atoms with Gasteiger partial charge in [-0.05, 0) is 51.0 Å². The molecular formula is C21H27ClN4O4. The van der Waals surface area contributed by atoms with Gasteiger partial charge in [0, 0.05) is 19.8 Å². The number of halogens is 1. The summed E-state index contributed by atoms with van der Waals surface area (Å²) in [5.41, 5.74) is 0.336. The third kappa shape index (κ3) is 7.87. The molecular weight excluding hydrogens is 408 g/mol. The molecule has 0 aliphatic rings. The lowest BCUT2D eigenvalue weighted by Crippen LogP contribution is -2.35. The lowest BCUT2D eigenvalue weighted by molar-refractivity contribution is -0.107. The Morgan fingerprint density at radius 3 is 2.70 bits per heavy atom. The van der Waals surface area contributed by atoms with Gasteiger partial charge in [0.05, 0.1) is 13.2 Å². The number of hydrogen-bond donors (Lipinski definition) is 0. The van der Waals surface area contributed by atoms with Crippen LogP contribution in [0.15, 0.2) is 36.5 Å². The number of hydrogen-bond acceptors (Lipinski definition) is 6. The van der Waals surface area contributed by atoms with Crippen molar-refractivity contribution in [3.05, 3.63) is 47.2 Å². The summed E-state index contributed by atoms with van der Waals surface area (Å²) in [4.78, 5) is 34.4. The summed E-state index contributed by atoms with van der Waals surface area (Å²) >= 11 is 5.87. The molecule has 2 aromatic rings. The van der Waals surface area contributed by atoms with Crippen LogP contribution in [-0.2, 0) is 16.1 Å². The third-order valence-corrected chi connectivity index (χ3v) is 4.07. The van der Waals surface area contributed by atoms with Crippen LogP contribution in [0.2, 0.25) is 5.15 Å². The van der Waals surface area contributed by atoms with Crippen molar-refractivity contribution >= 4 is 30.1 Å². The molecule has 2 amide bonds. The zero-order valence-electron chi connectivity index (χ0n) is 17.7. The Kier molecular flexibility index (Phi) is 8.41. The van der Waals surface area contributed by atoms with Crippen molar-refractivity contribution in [2.45, 2.75) is 39.3 Å². The number of aromatic nitrogens is 2. The van der Waals surface area contributed by atoms with Gasteiger partial charge in [-0.3, -0.25) is 9.69 Å². The first-order valence-electron chi connectivity index (χ1n) is 9.54. The minimum atomic E-state index is -0.520. The number of carbonyl (C=O) groups is 2. The molecule has 30 heavy (non-hydrogen) atoms.